The van der Waals surface area contributed by atoms with Gasteiger partial charge in [-0.2, -0.15) is 0 Å². The lowest BCUT2D eigenvalue weighted by molar-refractivity contribution is 0.777. The van der Waals surface area contributed by atoms with Gasteiger partial charge in [0.15, 0.2) is 0 Å². The molecule has 0 heterocycles. The number of benzene rings is 2. The Hall–Kier alpha value is -3.12. The molecule has 0 saturated carbocycles. The van der Waals surface area contributed by atoms with Gasteiger partial charge in [0.1, 0.15) is 0 Å². The highest BCUT2D eigenvalue weighted by Crippen LogP contribution is 2.61. The lowest BCUT2D eigenvalue weighted by Gasteiger charge is -2.32. The molecule has 0 aliphatic heterocycles. The van der Waals surface area contributed by atoms with Crippen LogP contribution in [0, 0.1) is 0 Å². The summed E-state index contributed by atoms with van der Waals surface area (Å²) >= 11 is 0. The number of allylic oxidation sites excluding steroid dienone is 11. The van der Waals surface area contributed by atoms with Crippen molar-refractivity contribution >= 4 is 11.1 Å². The zero-order chi connectivity index (χ0) is 19.1. The monoisotopic (exact) mass is 392 g/mol. The van der Waals surface area contributed by atoms with Gasteiger partial charge in [-0.15, -0.1) is 6.58 Å². The second-order valence-corrected chi connectivity index (χ2v) is 7.67. The van der Waals surface area contributed by atoms with Gasteiger partial charge < -0.3 is 0 Å². The average Bonchev–Trinajstić information content (AvgIpc) is 2.99. The molecule has 2 aromatic carbocycles. The summed E-state index contributed by atoms with van der Waals surface area (Å²) < 4.78 is 0. The lowest BCUT2D eigenvalue weighted by Crippen LogP contribution is -2.27. The van der Waals surface area contributed by atoms with Crippen LogP contribution in [0.2, 0.25) is 0 Å². The van der Waals surface area contributed by atoms with Crippen LogP contribution in [0.4, 0.5) is 0 Å². The Balaban J connectivity index is 0.00000128. The Bertz CT molecular complexity index is 1130. The van der Waals surface area contributed by atoms with E-state index < -0.39 is 0 Å². The molecule has 0 saturated heterocycles. The van der Waals surface area contributed by atoms with Crippen LogP contribution < -0.4 is 0 Å². The van der Waals surface area contributed by atoms with E-state index in [1.54, 1.807) is 0 Å². The van der Waals surface area contributed by atoms with Crippen molar-refractivity contribution in [3.8, 4) is 0 Å². The molecule has 0 radical (unpaired) electrons. The van der Waals surface area contributed by atoms with Crippen LogP contribution in [0.3, 0.4) is 0 Å². The maximum Gasteiger partial charge on any atom is 0.0721 e. The highest BCUT2D eigenvalue weighted by Gasteiger charge is 2.51. The van der Waals surface area contributed by atoms with Gasteiger partial charge >= 0.3 is 0 Å². The van der Waals surface area contributed by atoms with Crippen LogP contribution in [0.1, 0.15) is 56.9 Å². The number of hydrogen-bond acceptors (Lipinski definition) is 0. The second-order valence-electron chi connectivity index (χ2n) is 7.67. The first-order valence-electron chi connectivity index (χ1n) is 10.1. The average molecular weight is 393 g/mol. The summed E-state index contributed by atoms with van der Waals surface area (Å²) in [5.74, 6) is 0. The molecule has 0 fully saturated rings. The third-order valence-corrected chi connectivity index (χ3v) is 6.29. The van der Waals surface area contributed by atoms with Crippen LogP contribution >= 0.6 is 0 Å². The molecule has 0 amide bonds. The van der Waals surface area contributed by atoms with E-state index >= 15 is 0 Å². The standard InChI is InChI=1S/C28H24.2CH4/c1-3-4-6-16-24-20(2)21-13-9-11-18-25(21)28(24)26-17-8-5-7-14-22(26)23-15-10-12-19-27(23)28;;/h3,6-19H,1,4-5H2,2H3;2*1H4/b16-6-;;. The molecule has 0 nitrogen and oxygen atoms in total. The third kappa shape index (κ3) is 2.75. The van der Waals surface area contributed by atoms with Crippen LogP contribution in [0.25, 0.3) is 11.1 Å². The molecule has 1 atom stereocenters. The molecule has 152 valence electrons. The maximum atomic E-state index is 3.89. The molecule has 0 heteroatoms. The molecule has 2 aromatic rings. The molecular formula is C30H32. The van der Waals surface area contributed by atoms with Gasteiger partial charge in [0.05, 0.1) is 5.41 Å². The topological polar surface area (TPSA) is 0 Å². The molecule has 1 spiro atoms. The fourth-order valence-corrected chi connectivity index (χ4v) is 5.20. The van der Waals surface area contributed by atoms with Crippen molar-refractivity contribution in [2.24, 2.45) is 0 Å². The molecule has 0 N–H and O–H groups in total. The summed E-state index contributed by atoms with van der Waals surface area (Å²) in [5, 5.41) is 0. The van der Waals surface area contributed by atoms with E-state index in [-0.39, 0.29) is 20.3 Å². The van der Waals surface area contributed by atoms with E-state index in [2.05, 4.69) is 98.5 Å². The molecule has 30 heavy (non-hydrogen) atoms. The number of rotatable bonds is 3. The highest BCUT2D eigenvalue weighted by atomic mass is 14.5. The second kappa shape index (κ2) is 8.32. The van der Waals surface area contributed by atoms with E-state index in [1.165, 1.54) is 44.5 Å². The minimum atomic E-state index is -0.227. The van der Waals surface area contributed by atoms with Gasteiger partial charge in [-0.1, -0.05) is 106 Å². The molecule has 0 bridgehead atoms. The van der Waals surface area contributed by atoms with Gasteiger partial charge in [0.25, 0.3) is 0 Å². The summed E-state index contributed by atoms with van der Waals surface area (Å²) in [7, 11) is 0. The lowest BCUT2D eigenvalue weighted by atomic mass is 9.68. The fourth-order valence-electron chi connectivity index (χ4n) is 5.20. The van der Waals surface area contributed by atoms with Crippen molar-refractivity contribution < 1.29 is 0 Å². The zero-order valence-electron chi connectivity index (χ0n) is 16.3. The van der Waals surface area contributed by atoms with Crippen LogP contribution in [0.5, 0.6) is 0 Å². The Morgan fingerprint density at radius 3 is 2.27 bits per heavy atom. The van der Waals surface area contributed by atoms with Gasteiger partial charge in [-0.25, -0.2) is 0 Å². The van der Waals surface area contributed by atoms with Crippen molar-refractivity contribution in [2.45, 2.75) is 40.0 Å². The maximum absolute atomic E-state index is 3.89. The molecule has 5 rings (SSSR count). The van der Waals surface area contributed by atoms with Gasteiger partial charge in [0.2, 0.25) is 0 Å². The van der Waals surface area contributed by atoms with Crippen LogP contribution in [0.15, 0.2) is 109 Å². The van der Waals surface area contributed by atoms with Gasteiger partial charge in [-0.05, 0) is 64.3 Å². The Morgan fingerprint density at radius 1 is 0.900 bits per heavy atom. The molecule has 3 aliphatic carbocycles. The highest BCUT2D eigenvalue weighted by molar-refractivity contribution is 5.98. The van der Waals surface area contributed by atoms with E-state index in [9.17, 15) is 0 Å². The summed E-state index contributed by atoms with van der Waals surface area (Å²) in [6, 6.07) is 17.9. The molecular weight excluding hydrogens is 360 g/mol. The Labute approximate surface area is 182 Å². The van der Waals surface area contributed by atoms with E-state index in [4.69, 9.17) is 0 Å². The van der Waals surface area contributed by atoms with Gasteiger partial charge in [0, 0.05) is 0 Å². The third-order valence-electron chi connectivity index (χ3n) is 6.29. The summed E-state index contributed by atoms with van der Waals surface area (Å²) in [6.07, 6.45) is 17.7. The molecule has 0 aromatic heterocycles. The smallest absolute Gasteiger partial charge is 0.0721 e. The minimum Gasteiger partial charge on any atom is -0.103 e. The molecule has 1 unspecified atom stereocenters. The van der Waals surface area contributed by atoms with E-state index in [1.807, 2.05) is 6.08 Å². The summed E-state index contributed by atoms with van der Waals surface area (Å²) in [5.41, 5.74) is 10.9. The first kappa shape index (κ1) is 21.6. The predicted molar refractivity (Wildman–Crippen MR) is 133 cm³/mol. The van der Waals surface area contributed by atoms with E-state index in [0.29, 0.717) is 0 Å². The first-order chi connectivity index (χ1) is 13.8. The van der Waals surface area contributed by atoms with E-state index in [0.717, 1.165) is 12.8 Å². The quantitative estimate of drug-likeness (QED) is 0.460. The Morgan fingerprint density at radius 2 is 1.53 bits per heavy atom. The Kier molecular flexibility index (Phi) is 5.99. The van der Waals surface area contributed by atoms with Crippen molar-refractivity contribution in [3.63, 3.8) is 0 Å². The van der Waals surface area contributed by atoms with Crippen molar-refractivity contribution in [1.82, 2.24) is 0 Å². The normalized spacial score (nSPS) is 20.6. The molecule has 3 aliphatic rings. The fraction of sp³-hybridized carbons (Fsp3) is 0.200. The largest absolute Gasteiger partial charge is 0.103 e. The van der Waals surface area contributed by atoms with Crippen molar-refractivity contribution in [2.75, 3.05) is 0 Å². The van der Waals surface area contributed by atoms with Crippen molar-refractivity contribution in [1.29, 1.82) is 0 Å². The minimum absolute atomic E-state index is 0. The summed E-state index contributed by atoms with van der Waals surface area (Å²) in [6.45, 7) is 6.17. The number of hydrogen-bond donors (Lipinski definition) is 0. The van der Waals surface area contributed by atoms with Crippen molar-refractivity contribution in [3.05, 3.63) is 131 Å². The van der Waals surface area contributed by atoms with Gasteiger partial charge in [-0.3, -0.25) is 0 Å². The number of fused-ring (bicyclic) bond motifs is 6. The predicted octanol–water partition coefficient (Wildman–Crippen LogP) is 8.45. The zero-order valence-corrected chi connectivity index (χ0v) is 16.3. The van der Waals surface area contributed by atoms with Crippen LogP contribution in [-0.4, -0.2) is 0 Å². The first-order valence-corrected chi connectivity index (χ1v) is 10.1. The SMILES string of the molecule is C.C.C=CC/C=C\C1=C(C)c2ccccc2C12C1=C(C=CCC=C1)c1ccccc12. The summed E-state index contributed by atoms with van der Waals surface area (Å²) in [4.78, 5) is 0. The van der Waals surface area contributed by atoms with Crippen LogP contribution in [-0.2, 0) is 5.41 Å².